The van der Waals surface area contributed by atoms with E-state index >= 15 is 0 Å². The van der Waals surface area contributed by atoms with Crippen LogP contribution in [0.2, 0.25) is 10.0 Å². The third kappa shape index (κ3) is 3.44. The van der Waals surface area contributed by atoms with Crippen molar-refractivity contribution >= 4 is 50.7 Å². The molecule has 8 heteroatoms. The Morgan fingerprint density at radius 3 is 2.69 bits per heavy atom. The smallest absolute Gasteiger partial charge is 0.161 e. The van der Waals surface area contributed by atoms with Crippen LogP contribution < -0.4 is 10.6 Å². The average Bonchev–Trinajstić information content (AvgIpc) is 2.69. The molecule has 5 nitrogen and oxygen atoms in total. The molecule has 29 heavy (non-hydrogen) atoms. The van der Waals surface area contributed by atoms with Crippen LogP contribution >= 0.6 is 39.1 Å². The summed E-state index contributed by atoms with van der Waals surface area (Å²) >= 11 is 15.9. The number of pyridine rings is 1. The van der Waals surface area contributed by atoms with Gasteiger partial charge in [-0.3, -0.25) is 9.69 Å². The quantitative estimate of drug-likeness (QED) is 0.605. The van der Waals surface area contributed by atoms with Crippen LogP contribution in [0.1, 0.15) is 30.7 Å². The number of Topliss-reactive ketones (excluding diaryl/α,β-unsaturated/α-hetero) is 1. The van der Waals surface area contributed by atoms with E-state index in [1.54, 1.807) is 35.4 Å². The Bertz CT molecular complexity index is 1120. The molecule has 0 saturated heterocycles. The number of allylic oxidation sites excluding steroid dienone is 3. The van der Waals surface area contributed by atoms with E-state index in [1.165, 1.54) is 0 Å². The van der Waals surface area contributed by atoms with Crippen LogP contribution in [0.4, 0.5) is 5.82 Å². The van der Waals surface area contributed by atoms with Gasteiger partial charge in [0.25, 0.3) is 0 Å². The number of benzene rings is 1. The summed E-state index contributed by atoms with van der Waals surface area (Å²) < 4.78 is 0.820. The summed E-state index contributed by atoms with van der Waals surface area (Å²) in [5, 5.41) is 10.9. The molecule has 2 heterocycles. The van der Waals surface area contributed by atoms with E-state index in [4.69, 9.17) is 28.9 Å². The van der Waals surface area contributed by atoms with Gasteiger partial charge >= 0.3 is 0 Å². The van der Waals surface area contributed by atoms with Gasteiger partial charge in [-0.1, -0.05) is 29.3 Å². The van der Waals surface area contributed by atoms with Crippen molar-refractivity contribution in [2.75, 3.05) is 4.90 Å². The Morgan fingerprint density at radius 2 is 2.03 bits per heavy atom. The Labute approximate surface area is 186 Å². The van der Waals surface area contributed by atoms with Crippen molar-refractivity contribution in [2.24, 2.45) is 5.73 Å². The Hall–Kier alpha value is -2.33. The van der Waals surface area contributed by atoms with Gasteiger partial charge in [0.05, 0.1) is 17.6 Å². The summed E-state index contributed by atoms with van der Waals surface area (Å²) in [7, 11) is 0. The zero-order valence-electron chi connectivity index (χ0n) is 15.1. The number of nitrogens with two attached hydrogens (primary N) is 1. The summed E-state index contributed by atoms with van der Waals surface area (Å²) in [6.07, 6.45) is 3.43. The van der Waals surface area contributed by atoms with Crippen molar-refractivity contribution in [3.63, 3.8) is 0 Å². The molecule has 0 bridgehead atoms. The molecule has 146 valence electrons. The van der Waals surface area contributed by atoms with Gasteiger partial charge in [-0.05, 0) is 58.6 Å². The SMILES string of the molecule is N#CC1=C(N)N(c2ccc(Br)cn2)C2=C(C(=O)CCC2)C1c1ccc(Cl)cc1Cl. The number of anilines is 1. The maximum Gasteiger partial charge on any atom is 0.161 e. The number of halogens is 3. The standard InChI is InChI=1S/C21H15BrCl2N4O/c22-11-4-7-18(27-10-11)28-16-2-1-3-17(29)20(16)19(14(9-25)21(28)26)13-6-5-12(23)8-15(13)24/h4-8,10,19H,1-3,26H2. The fraction of sp³-hybridized carbons (Fsp3) is 0.190. The van der Waals surface area contributed by atoms with Crippen molar-refractivity contribution in [1.82, 2.24) is 4.98 Å². The molecule has 4 rings (SSSR count). The average molecular weight is 490 g/mol. The minimum absolute atomic E-state index is 0.00960. The van der Waals surface area contributed by atoms with E-state index in [0.717, 1.165) is 10.2 Å². The lowest BCUT2D eigenvalue weighted by Crippen LogP contribution is -2.39. The second kappa shape index (κ2) is 7.83. The number of carbonyl (C=O) groups is 1. The van der Waals surface area contributed by atoms with Gasteiger partial charge in [-0.25, -0.2) is 4.98 Å². The number of hydrogen-bond donors (Lipinski definition) is 1. The number of rotatable bonds is 2. The molecule has 0 saturated carbocycles. The van der Waals surface area contributed by atoms with Crippen LogP contribution in [0, 0.1) is 11.3 Å². The first-order valence-corrected chi connectivity index (χ1v) is 10.5. The van der Waals surface area contributed by atoms with E-state index in [2.05, 4.69) is 27.0 Å². The lowest BCUT2D eigenvalue weighted by molar-refractivity contribution is -0.116. The Kier molecular flexibility index (Phi) is 5.39. The molecule has 1 atom stereocenters. The van der Waals surface area contributed by atoms with Crippen LogP contribution in [0.5, 0.6) is 0 Å². The van der Waals surface area contributed by atoms with Gasteiger partial charge < -0.3 is 5.73 Å². The van der Waals surface area contributed by atoms with E-state index in [9.17, 15) is 10.1 Å². The van der Waals surface area contributed by atoms with E-state index < -0.39 is 5.92 Å². The summed E-state index contributed by atoms with van der Waals surface area (Å²) in [6, 6.07) is 10.9. The maximum absolute atomic E-state index is 13.0. The molecular formula is C21H15BrCl2N4O. The maximum atomic E-state index is 13.0. The molecule has 1 aromatic carbocycles. The topological polar surface area (TPSA) is 83.0 Å². The fourth-order valence-corrected chi connectivity index (χ4v) is 4.65. The van der Waals surface area contributed by atoms with Gasteiger partial charge in [-0.15, -0.1) is 0 Å². The predicted molar refractivity (Wildman–Crippen MR) is 116 cm³/mol. The number of nitriles is 1. The number of ketones is 1. The van der Waals surface area contributed by atoms with Crippen LogP contribution in [-0.2, 0) is 4.79 Å². The minimum atomic E-state index is -0.626. The molecule has 0 fully saturated rings. The zero-order valence-corrected chi connectivity index (χ0v) is 18.2. The van der Waals surface area contributed by atoms with Crippen LogP contribution in [-0.4, -0.2) is 10.8 Å². The summed E-state index contributed by atoms with van der Waals surface area (Å²) in [5.41, 5.74) is 8.71. The minimum Gasteiger partial charge on any atom is -0.384 e. The van der Waals surface area contributed by atoms with Gasteiger partial charge in [-0.2, -0.15) is 5.26 Å². The molecule has 1 aliphatic heterocycles. The van der Waals surface area contributed by atoms with Crippen LogP contribution in [0.25, 0.3) is 0 Å². The lowest BCUT2D eigenvalue weighted by atomic mass is 9.75. The van der Waals surface area contributed by atoms with E-state index in [0.29, 0.717) is 46.3 Å². The highest BCUT2D eigenvalue weighted by atomic mass is 79.9. The summed E-state index contributed by atoms with van der Waals surface area (Å²) in [6.45, 7) is 0. The second-order valence-electron chi connectivity index (χ2n) is 6.82. The number of carbonyl (C=O) groups excluding carboxylic acids is 1. The first-order chi connectivity index (χ1) is 13.9. The number of aromatic nitrogens is 1. The largest absolute Gasteiger partial charge is 0.384 e. The van der Waals surface area contributed by atoms with Gasteiger partial charge in [0.2, 0.25) is 0 Å². The normalized spacial score (nSPS) is 19.3. The predicted octanol–water partition coefficient (Wildman–Crippen LogP) is 5.46. The van der Waals surface area contributed by atoms with Gasteiger partial charge in [0.1, 0.15) is 11.6 Å². The van der Waals surface area contributed by atoms with Crippen molar-refractivity contribution in [3.05, 3.63) is 79.3 Å². The second-order valence-corrected chi connectivity index (χ2v) is 8.58. The van der Waals surface area contributed by atoms with E-state index in [-0.39, 0.29) is 17.2 Å². The monoisotopic (exact) mass is 488 g/mol. The fourth-order valence-electron chi connectivity index (χ4n) is 3.90. The van der Waals surface area contributed by atoms with Crippen molar-refractivity contribution < 1.29 is 4.79 Å². The Balaban J connectivity index is 1.98. The molecule has 0 spiro atoms. The van der Waals surface area contributed by atoms with Crippen molar-refractivity contribution in [2.45, 2.75) is 25.2 Å². The van der Waals surface area contributed by atoms with Gasteiger partial charge in [0.15, 0.2) is 5.78 Å². The number of hydrogen-bond acceptors (Lipinski definition) is 5. The first-order valence-electron chi connectivity index (χ1n) is 8.95. The van der Waals surface area contributed by atoms with Crippen molar-refractivity contribution in [1.29, 1.82) is 5.26 Å². The highest BCUT2D eigenvalue weighted by Crippen LogP contribution is 2.47. The molecule has 2 aromatic rings. The third-order valence-corrected chi connectivity index (χ3v) is 6.16. The highest BCUT2D eigenvalue weighted by Gasteiger charge is 2.41. The lowest BCUT2D eigenvalue weighted by Gasteiger charge is -2.39. The molecular weight excluding hydrogens is 475 g/mol. The molecule has 2 N–H and O–H groups in total. The van der Waals surface area contributed by atoms with Crippen molar-refractivity contribution in [3.8, 4) is 6.07 Å². The van der Waals surface area contributed by atoms with Crippen LogP contribution in [0.3, 0.4) is 0 Å². The summed E-state index contributed by atoms with van der Waals surface area (Å²) in [5.74, 6) is 0.178. The first kappa shape index (κ1) is 20.0. The molecule has 0 amide bonds. The Morgan fingerprint density at radius 1 is 1.24 bits per heavy atom. The number of nitrogens with zero attached hydrogens (tertiary/aromatic N) is 3. The molecule has 1 unspecified atom stereocenters. The third-order valence-electron chi connectivity index (χ3n) is 5.13. The molecule has 2 aliphatic rings. The molecule has 1 aliphatic carbocycles. The summed E-state index contributed by atoms with van der Waals surface area (Å²) in [4.78, 5) is 19.2. The molecule has 1 aromatic heterocycles. The van der Waals surface area contributed by atoms with Gasteiger partial charge in [0, 0.05) is 38.4 Å². The van der Waals surface area contributed by atoms with Crippen LogP contribution in [0.15, 0.2) is 63.7 Å². The highest BCUT2D eigenvalue weighted by molar-refractivity contribution is 9.10. The van der Waals surface area contributed by atoms with E-state index in [1.807, 2.05) is 6.07 Å². The zero-order chi connectivity index (χ0) is 20.7. The molecule has 0 radical (unpaired) electrons.